The maximum absolute atomic E-state index is 13.1. The molecule has 7 aromatic carbocycles. The van der Waals surface area contributed by atoms with Crippen molar-refractivity contribution in [3.63, 3.8) is 0 Å². The second kappa shape index (κ2) is 55.8. The summed E-state index contributed by atoms with van der Waals surface area (Å²) in [6, 6.07) is 22.1. The summed E-state index contributed by atoms with van der Waals surface area (Å²) in [5.41, 5.74) is -6.46. The molecule has 790 valence electrons. The standard InChI is InChI=1S/C57H54Cl2N2O26.C22H12Cl2O10.C18H22ClNO8/c1-6-51(64)79-14-15-81-53(66)9-11-76-29-36-23-43(60(71)72)38(24-45(36)75-5)31(3)85-50-27-48-34(22-42(50)59)19-40(57(70)87-48)55(68)83-17-16-82-54(67)39-18-33-21-41(58)49(26-47(33)86-56(39)69)84-30(2)37-20-35(28-62)46(25-44(37)61(73)74)78-10-7-8-52(65)80-13-12-77-32(4)63;23-13-5-9-3-11(21(29)33-17(9)7-15(13)25)19(27)31-1-2-32-20(28)12-4-10-6-14(24)16(26)8-18(10)34-22(12)30;1-3-17(22)27-7-8-28-18(23)5-4-6-26-16-10-15(20(24)25)14(12(2)19)9-13(16)11-21/h6,18-27,30-31,62H,1,7-17,28-29H2,2-5H3;3-8,25-26H,1-2H2;3,9-10,12,21H,1,4-8,11H2,2H3. The van der Waals surface area contributed by atoms with E-state index in [1.165, 1.54) is 107 Å². The van der Waals surface area contributed by atoms with Crippen LogP contribution in [0, 0.1) is 30.3 Å². The van der Waals surface area contributed by atoms with Gasteiger partial charge in [0.2, 0.25) is 0 Å². The third-order valence-corrected chi connectivity index (χ3v) is 21.7. The van der Waals surface area contributed by atoms with E-state index in [0.717, 1.165) is 42.5 Å². The molecule has 0 saturated carbocycles. The molecule has 149 heavy (non-hydrogen) atoms. The Kier molecular flexibility index (Phi) is 43.6. The van der Waals surface area contributed by atoms with Crippen molar-refractivity contribution < 1.29 is 177 Å². The normalized spacial score (nSPS) is 11.4. The third-order valence-electron chi connectivity index (χ3n) is 20.3. The number of alkyl halides is 1. The Hall–Kier alpha value is -16.3. The van der Waals surface area contributed by atoms with Crippen molar-refractivity contribution >= 4 is 179 Å². The molecule has 0 amide bonds. The Morgan fingerprint density at radius 3 is 1.05 bits per heavy atom. The van der Waals surface area contributed by atoms with Gasteiger partial charge in [0, 0.05) is 106 Å². The zero-order chi connectivity index (χ0) is 109. The van der Waals surface area contributed by atoms with Crippen LogP contribution < -0.4 is 46.2 Å². The van der Waals surface area contributed by atoms with Gasteiger partial charge in [0.15, 0.2) is 0 Å². The van der Waals surface area contributed by atoms with Crippen LogP contribution in [-0.2, 0) is 101 Å². The maximum Gasteiger partial charge on any atom is 0.351 e. The van der Waals surface area contributed by atoms with Gasteiger partial charge in [-0.2, -0.15) is 0 Å². The van der Waals surface area contributed by atoms with Crippen LogP contribution in [-0.4, -0.2) is 188 Å². The van der Waals surface area contributed by atoms with Gasteiger partial charge in [0.25, 0.3) is 17.1 Å². The second-order valence-corrected chi connectivity index (χ2v) is 32.9. The summed E-state index contributed by atoms with van der Waals surface area (Å²) in [5.74, 6) is -8.45. The highest BCUT2D eigenvalue weighted by molar-refractivity contribution is 6.34. The molecular formula is C97H88Cl5N3O44. The van der Waals surface area contributed by atoms with Crippen LogP contribution in [0.5, 0.6) is 40.2 Å². The van der Waals surface area contributed by atoms with Gasteiger partial charge in [-0.05, 0) is 100 Å². The number of hydrogen-bond acceptors (Lipinski definition) is 44. The number of ether oxygens (including phenoxy) is 16. The molecule has 4 N–H and O–H groups in total. The molecular weight excluding hydrogens is 2090 g/mol. The van der Waals surface area contributed by atoms with Crippen molar-refractivity contribution in [2.75, 3.05) is 93.0 Å². The van der Waals surface area contributed by atoms with Crippen molar-refractivity contribution in [2.24, 2.45) is 0 Å². The van der Waals surface area contributed by atoms with Crippen molar-refractivity contribution in [1.82, 2.24) is 0 Å². The smallest absolute Gasteiger partial charge is 0.351 e. The number of benzene rings is 7. The van der Waals surface area contributed by atoms with Crippen LogP contribution in [0.1, 0.15) is 152 Å². The fraction of sp³-hybridized carbons (Fsp3) is 0.299. The quantitative estimate of drug-likeness (QED) is 0.00402. The van der Waals surface area contributed by atoms with E-state index in [9.17, 15) is 118 Å². The number of aromatic hydroxyl groups is 2. The second-order valence-electron chi connectivity index (χ2n) is 30.6. The number of aliphatic hydroxyl groups is 2. The molecule has 0 aliphatic carbocycles. The number of nitro groups is 3. The van der Waals surface area contributed by atoms with Gasteiger partial charge in [0.05, 0.1) is 117 Å². The first-order valence-corrected chi connectivity index (χ1v) is 45.7. The highest BCUT2D eigenvalue weighted by atomic mass is 35.5. The number of hydrogen-bond donors (Lipinski definition) is 4. The van der Waals surface area contributed by atoms with Crippen LogP contribution in [0.25, 0.3) is 43.9 Å². The summed E-state index contributed by atoms with van der Waals surface area (Å²) in [7, 11) is 1.33. The maximum atomic E-state index is 13.1. The largest absolute Gasteiger partial charge is 0.506 e. The summed E-state index contributed by atoms with van der Waals surface area (Å²) >= 11 is 30.7. The number of rotatable bonds is 49. The molecule has 11 aromatic rings. The number of esters is 10. The first kappa shape index (κ1) is 116. The molecule has 4 aromatic heterocycles. The number of phenols is 2. The Morgan fingerprint density at radius 2 is 0.705 bits per heavy atom. The van der Waals surface area contributed by atoms with Crippen LogP contribution >= 0.6 is 58.0 Å². The first-order valence-electron chi connectivity index (χ1n) is 43.8. The zero-order valence-corrected chi connectivity index (χ0v) is 82.7. The number of fused-ring (bicyclic) bond motifs is 4. The average Bonchev–Trinajstić information content (AvgIpc) is 0.781. The van der Waals surface area contributed by atoms with Crippen molar-refractivity contribution in [3.8, 4) is 40.2 Å². The Morgan fingerprint density at radius 1 is 0.383 bits per heavy atom. The van der Waals surface area contributed by atoms with Gasteiger partial charge >= 0.3 is 82.2 Å². The number of carbonyl (C=O) groups is 10. The SMILES string of the molecule is C=CC(=O)OCCOC(=O)CCCOc1cc([N+](=O)[O-])c(C(C)Cl)cc1CO.C=CC(=O)OCCOC(=O)CCOCc1cc([N+](=O)[O-])c(C(C)Oc2cc3oc(=O)c(C(=O)OCCOC(=O)c4cc5cc(Cl)c(OC(C)c6cc(CO)c(OCCCC(=O)OCCOC(C)=O)cc6[N+](=O)[O-])cc5oc4=O)cc3cc2Cl)cc1OC.O=C(OCCOC(=O)c1cc2cc(Cl)c(O)cc2oc1=O)c1cc2cc(Cl)c(O)cc2oc1=O. The van der Waals surface area contributed by atoms with E-state index < -0.39 is 176 Å². The van der Waals surface area contributed by atoms with Gasteiger partial charge in [0.1, 0.15) is 163 Å². The Labute approximate surface area is 863 Å². The van der Waals surface area contributed by atoms with E-state index in [1.54, 1.807) is 6.92 Å². The minimum absolute atomic E-state index is 0.000647. The molecule has 0 saturated heterocycles. The number of nitrogens with zero attached hydrogens (tertiary/aromatic N) is 3. The van der Waals surface area contributed by atoms with E-state index in [-0.39, 0.29) is 248 Å². The minimum atomic E-state index is -1.19. The molecule has 0 radical (unpaired) electrons. The summed E-state index contributed by atoms with van der Waals surface area (Å²) in [4.78, 5) is 203. The monoisotopic (exact) mass is 2170 g/mol. The van der Waals surface area contributed by atoms with Gasteiger partial charge in [-0.25, -0.2) is 47.9 Å². The average molecular weight is 2180 g/mol. The number of halogens is 5. The predicted molar refractivity (Wildman–Crippen MR) is 520 cm³/mol. The summed E-state index contributed by atoms with van der Waals surface area (Å²) in [6.07, 6.45) is 0.0143. The molecule has 4 heterocycles. The topological polar surface area (TPSA) is 650 Å². The van der Waals surface area contributed by atoms with E-state index in [1.807, 2.05) is 0 Å². The Balaban J connectivity index is 0.000000320. The van der Waals surface area contributed by atoms with Gasteiger partial charge < -0.3 is 114 Å². The first-order chi connectivity index (χ1) is 70.9. The summed E-state index contributed by atoms with van der Waals surface area (Å²) < 4.78 is 104. The molecule has 3 unspecified atom stereocenters. The van der Waals surface area contributed by atoms with Crippen LogP contribution in [0.4, 0.5) is 17.1 Å². The lowest BCUT2D eigenvalue weighted by Gasteiger charge is -2.19. The number of phenolic OH excluding ortho intramolecular Hbond substituents is 2. The molecule has 0 spiro atoms. The molecule has 52 heteroatoms. The van der Waals surface area contributed by atoms with E-state index in [0.29, 0.717) is 5.56 Å². The van der Waals surface area contributed by atoms with Crippen LogP contribution in [0.2, 0.25) is 20.1 Å². The van der Waals surface area contributed by atoms with Crippen LogP contribution in [0.15, 0.2) is 171 Å². The molecule has 0 fully saturated rings. The minimum Gasteiger partial charge on any atom is -0.506 e. The highest BCUT2D eigenvalue weighted by Gasteiger charge is 2.31. The van der Waals surface area contributed by atoms with Crippen LogP contribution in [0.3, 0.4) is 0 Å². The predicted octanol–water partition coefficient (Wildman–Crippen LogP) is 14.7. The zero-order valence-electron chi connectivity index (χ0n) is 78.9. The molecule has 11 rings (SSSR count). The van der Waals surface area contributed by atoms with E-state index in [4.69, 9.17) is 147 Å². The molecule has 0 bridgehead atoms. The highest BCUT2D eigenvalue weighted by Crippen LogP contribution is 2.43. The van der Waals surface area contributed by atoms with Gasteiger partial charge in [-0.3, -0.25) is 49.5 Å². The van der Waals surface area contributed by atoms with Gasteiger partial charge in [-0.1, -0.05) is 59.6 Å². The van der Waals surface area contributed by atoms with E-state index >= 15 is 0 Å². The molecule has 0 aliphatic rings. The fourth-order valence-corrected chi connectivity index (χ4v) is 14.1. The van der Waals surface area contributed by atoms with Gasteiger partial charge in [-0.15, -0.1) is 11.6 Å². The number of carbonyl (C=O) groups excluding carboxylic acids is 10. The fourth-order valence-electron chi connectivity index (χ4n) is 13.2. The van der Waals surface area contributed by atoms with Crippen molar-refractivity contribution in [1.29, 1.82) is 0 Å². The number of methoxy groups -OCH3 is 1. The Bertz CT molecular complexity index is 7070. The van der Waals surface area contributed by atoms with Crippen molar-refractivity contribution in [3.05, 3.63) is 282 Å². The molecule has 3 atom stereocenters. The summed E-state index contributed by atoms with van der Waals surface area (Å²) in [6.45, 7) is 8.15. The van der Waals surface area contributed by atoms with Crippen molar-refractivity contribution in [2.45, 2.75) is 97.2 Å². The molecule has 47 nitrogen and oxygen atoms in total. The molecule has 0 aliphatic heterocycles. The third kappa shape index (κ3) is 33.4. The lowest BCUT2D eigenvalue weighted by molar-refractivity contribution is -0.386. The number of nitro benzene ring substituents is 3. The summed E-state index contributed by atoms with van der Waals surface area (Å²) in [5, 5.41) is 74.5. The lowest BCUT2D eigenvalue weighted by atomic mass is 10.0. The lowest BCUT2D eigenvalue weighted by Crippen LogP contribution is -2.21. The van der Waals surface area contributed by atoms with E-state index in [2.05, 4.69) is 17.9 Å². The number of aliphatic hydroxyl groups excluding tert-OH is 2.